The Bertz CT molecular complexity index is 398. The average molecular weight is 246 g/mol. The van der Waals surface area contributed by atoms with Gasteiger partial charge in [0, 0.05) is 6.54 Å². The lowest BCUT2D eigenvalue weighted by atomic mass is 10.4. The predicted octanol–water partition coefficient (Wildman–Crippen LogP) is -0.280. The average Bonchev–Trinajstić information content (AvgIpc) is 3.02. The van der Waals surface area contributed by atoms with E-state index in [9.17, 15) is 13.2 Å². The summed E-state index contributed by atoms with van der Waals surface area (Å²) in [5.74, 6) is 0.450. The molecule has 2 rings (SSSR count). The number of ether oxygens (including phenoxy) is 1. The van der Waals surface area contributed by atoms with Crippen LogP contribution in [0.1, 0.15) is 12.8 Å². The van der Waals surface area contributed by atoms with E-state index in [4.69, 9.17) is 4.74 Å². The van der Waals surface area contributed by atoms with E-state index in [0.717, 1.165) is 12.8 Å². The van der Waals surface area contributed by atoms with Crippen LogP contribution in [0.4, 0.5) is 0 Å². The highest BCUT2D eigenvalue weighted by molar-refractivity contribution is 7.89. The summed E-state index contributed by atoms with van der Waals surface area (Å²) < 4.78 is 30.4. The number of hydrogen-bond acceptors (Lipinski definition) is 5. The van der Waals surface area contributed by atoms with Gasteiger partial charge in [-0.15, -0.1) is 0 Å². The van der Waals surface area contributed by atoms with E-state index in [2.05, 4.69) is 4.99 Å². The molecule has 1 aliphatic heterocycles. The fraction of sp³-hybridized carbons (Fsp3) is 0.889. The van der Waals surface area contributed by atoms with Crippen molar-refractivity contribution in [2.75, 3.05) is 25.5 Å². The summed E-state index contributed by atoms with van der Waals surface area (Å²) in [5.41, 5.74) is 0. The summed E-state index contributed by atoms with van der Waals surface area (Å²) in [6.45, 7) is 0.763. The van der Waals surface area contributed by atoms with Gasteiger partial charge in [0.1, 0.15) is 0 Å². The highest BCUT2D eigenvalue weighted by atomic mass is 32.2. The van der Waals surface area contributed by atoms with Crippen LogP contribution in [-0.2, 0) is 19.6 Å². The second-order valence-corrected chi connectivity index (χ2v) is 6.07. The lowest BCUT2D eigenvalue weighted by Crippen LogP contribution is -2.48. The zero-order valence-electron chi connectivity index (χ0n) is 8.83. The summed E-state index contributed by atoms with van der Waals surface area (Å²) in [5, 5.41) is 0. The third-order valence-corrected chi connectivity index (χ3v) is 4.79. The molecule has 0 aromatic rings. The molecule has 1 atom stereocenters. The first kappa shape index (κ1) is 11.7. The van der Waals surface area contributed by atoms with Crippen molar-refractivity contribution in [2.24, 2.45) is 10.9 Å². The molecular formula is C9H14N2O4S. The van der Waals surface area contributed by atoms with Gasteiger partial charge < -0.3 is 4.74 Å². The zero-order chi connectivity index (χ0) is 11.6. The molecule has 2 aliphatic rings. The highest BCUT2D eigenvalue weighted by Gasteiger charge is 2.37. The molecule has 0 spiro atoms. The van der Waals surface area contributed by atoms with Crippen LogP contribution in [0.2, 0.25) is 0 Å². The van der Waals surface area contributed by atoms with Gasteiger partial charge in [-0.3, -0.25) is 0 Å². The molecule has 1 aliphatic carbocycles. The SMILES string of the molecule is O=C=NC1COCCN1S(=O)(=O)CC1CC1. The fourth-order valence-electron chi connectivity index (χ4n) is 1.74. The number of rotatable bonds is 4. The molecule has 6 nitrogen and oxygen atoms in total. The molecule has 0 aromatic carbocycles. The number of hydrogen-bond donors (Lipinski definition) is 0. The van der Waals surface area contributed by atoms with Crippen molar-refractivity contribution in [3.63, 3.8) is 0 Å². The third-order valence-electron chi connectivity index (χ3n) is 2.76. The maximum Gasteiger partial charge on any atom is 0.236 e. The maximum atomic E-state index is 12.0. The molecule has 0 amide bonds. The van der Waals surface area contributed by atoms with Gasteiger partial charge in [0.15, 0.2) is 6.17 Å². The number of carbonyl (C=O) groups excluding carboxylic acids is 1. The van der Waals surface area contributed by atoms with Crippen molar-refractivity contribution in [2.45, 2.75) is 19.0 Å². The number of aliphatic imine (C=N–C) groups is 1. The van der Waals surface area contributed by atoms with Crippen molar-refractivity contribution < 1.29 is 17.9 Å². The molecule has 7 heteroatoms. The summed E-state index contributed by atoms with van der Waals surface area (Å²) in [4.78, 5) is 13.7. The first-order valence-corrected chi connectivity index (χ1v) is 6.88. The van der Waals surface area contributed by atoms with Crippen LogP contribution >= 0.6 is 0 Å². The van der Waals surface area contributed by atoms with Gasteiger partial charge in [0.25, 0.3) is 0 Å². The summed E-state index contributed by atoms with van der Waals surface area (Å²) in [6.07, 6.45) is 2.63. The second kappa shape index (κ2) is 4.63. The Kier molecular flexibility index (Phi) is 3.39. The van der Waals surface area contributed by atoms with E-state index in [0.29, 0.717) is 6.61 Å². The summed E-state index contributed by atoms with van der Waals surface area (Å²) in [6, 6.07) is 0. The van der Waals surface area contributed by atoms with Crippen LogP contribution in [0.15, 0.2) is 4.99 Å². The lowest BCUT2D eigenvalue weighted by molar-refractivity contribution is 0.0359. The van der Waals surface area contributed by atoms with Gasteiger partial charge >= 0.3 is 0 Å². The Balaban J connectivity index is 2.11. The van der Waals surface area contributed by atoms with Crippen molar-refractivity contribution >= 4 is 16.1 Å². The molecule has 90 valence electrons. The molecule has 1 saturated heterocycles. The lowest BCUT2D eigenvalue weighted by Gasteiger charge is -2.31. The Morgan fingerprint density at radius 2 is 2.19 bits per heavy atom. The normalized spacial score (nSPS) is 27.4. The summed E-state index contributed by atoms with van der Waals surface area (Å²) >= 11 is 0. The van der Waals surface area contributed by atoms with Gasteiger partial charge in [-0.2, -0.15) is 9.30 Å². The monoisotopic (exact) mass is 246 g/mol. The maximum absolute atomic E-state index is 12.0. The van der Waals surface area contributed by atoms with E-state index in [1.165, 1.54) is 10.4 Å². The van der Waals surface area contributed by atoms with Crippen LogP contribution in [0.3, 0.4) is 0 Å². The van der Waals surface area contributed by atoms with Crippen molar-refractivity contribution in [1.82, 2.24) is 4.31 Å². The molecular weight excluding hydrogens is 232 g/mol. The topological polar surface area (TPSA) is 76.0 Å². The van der Waals surface area contributed by atoms with Crippen LogP contribution in [0.25, 0.3) is 0 Å². The van der Waals surface area contributed by atoms with E-state index in [-0.39, 0.29) is 24.8 Å². The van der Waals surface area contributed by atoms with E-state index >= 15 is 0 Å². The molecule has 2 fully saturated rings. The first-order chi connectivity index (χ1) is 7.63. The highest BCUT2D eigenvalue weighted by Crippen LogP contribution is 2.31. The Hall–Kier alpha value is -0.750. The van der Waals surface area contributed by atoms with Crippen molar-refractivity contribution in [1.29, 1.82) is 0 Å². The third kappa shape index (κ3) is 2.68. The molecule has 16 heavy (non-hydrogen) atoms. The van der Waals surface area contributed by atoms with Crippen LogP contribution < -0.4 is 0 Å². The zero-order valence-corrected chi connectivity index (χ0v) is 9.65. The van der Waals surface area contributed by atoms with E-state index < -0.39 is 16.2 Å². The quantitative estimate of drug-likeness (QED) is 0.505. The number of sulfonamides is 1. The van der Waals surface area contributed by atoms with Crippen LogP contribution in [0.5, 0.6) is 0 Å². The number of morpholine rings is 1. The van der Waals surface area contributed by atoms with Gasteiger partial charge in [-0.05, 0) is 18.8 Å². The minimum absolute atomic E-state index is 0.138. The summed E-state index contributed by atoms with van der Waals surface area (Å²) in [7, 11) is -3.31. The first-order valence-electron chi connectivity index (χ1n) is 5.28. The smallest absolute Gasteiger partial charge is 0.236 e. The van der Waals surface area contributed by atoms with Gasteiger partial charge in [-0.25, -0.2) is 13.2 Å². The van der Waals surface area contributed by atoms with Gasteiger partial charge in [0.2, 0.25) is 16.1 Å². The molecule has 0 aromatic heterocycles. The van der Waals surface area contributed by atoms with Crippen LogP contribution in [0, 0.1) is 5.92 Å². The standard InChI is InChI=1S/C9H14N2O4S/c12-7-10-9-5-15-4-3-11(9)16(13,14)6-8-1-2-8/h8-9H,1-6H2. The van der Waals surface area contributed by atoms with Gasteiger partial charge in [-0.1, -0.05) is 0 Å². The van der Waals surface area contributed by atoms with Crippen LogP contribution in [-0.4, -0.2) is 50.5 Å². The number of isocyanates is 1. The molecule has 1 unspecified atom stereocenters. The molecule has 1 heterocycles. The molecule has 0 radical (unpaired) electrons. The Morgan fingerprint density at radius 1 is 1.44 bits per heavy atom. The van der Waals surface area contributed by atoms with Crippen molar-refractivity contribution in [3.05, 3.63) is 0 Å². The van der Waals surface area contributed by atoms with E-state index in [1.807, 2.05) is 0 Å². The Labute approximate surface area is 94.3 Å². The predicted molar refractivity (Wildman–Crippen MR) is 55.9 cm³/mol. The minimum Gasteiger partial charge on any atom is -0.376 e. The molecule has 0 N–H and O–H groups in total. The molecule has 0 bridgehead atoms. The minimum atomic E-state index is -3.31. The van der Waals surface area contributed by atoms with E-state index in [1.54, 1.807) is 0 Å². The van der Waals surface area contributed by atoms with Crippen molar-refractivity contribution in [3.8, 4) is 0 Å². The molecule has 1 saturated carbocycles. The number of nitrogens with zero attached hydrogens (tertiary/aromatic N) is 2. The van der Waals surface area contributed by atoms with Gasteiger partial charge in [0.05, 0.1) is 19.0 Å². The fourth-order valence-corrected chi connectivity index (χ4v) is 3.69. The Morgan fingerprint density at radius 3 is 2.81 bits per heavy atom. The largest absolute Gasteiger partial charge is 0.376 e. The second-order valence-electron chi connectivity index (χ2n) is 4.11.